The first-order chi connectivity index (χ1) is 20.3. The molecule has 0 fully saturated rings. The van der Waals surface area contributed by atoms with Gasteiger partial charge in [0, 0.05) is 23.5 Å². The Labute approximate surface area is 328 Å². The molecule has 1 unspecified atom stereocenters. The average Bonchev–Trinajstić information content (AvgIpc) is 2.98. The van der Waals surface area contributed by atoms with E-state index < -0.39 is 17.7 Å². The number of halogens is 9. The van der Waals surface area contributed by atoms with E-state index in [0.717, 1.165) is 25.4 Å². The fourth-order valence-corrected chi connectivity index (χ4v) is 4.95. The number of hydrogen-bond donors (Lipinski definition) is 1. The quantitative estimate of drug-likeness (QED) is 0.0951. The van der Waals surface area contributed by atoms with Gasteiger partial charge in [0.05, 0.1) is 17.2 Å². The molecule has 0 heterocycles. The van der Waals surface area contributed by atoms with Crippen LogP contribution in [0.3, 0.4) is 0 Å². The molecule has 0 aromatic heterocycles. The van der Waals surface area contributed by atoms with Gasteiger partial charge in [0.25, 0.3) is 0 Å². The molecule has 4 aromatic carbocycles. The van der Waals surface area contributed by atoms with Gasteiger partial charge in [-0.3, -0.25) is 9.59 Å². The third-order valence-corrected chi connectivity index (χ3v) is 7.47. The van der Waals surface area contributed by atoms with Crippen molar-refractivity contribution >= 4 is 99.3 Å². The summed E-state index contributed by atoms with van der Waals surface area (Å²) in [5.74, 6) is -1.39. The van der Waals surface area contributed by atoms with Crippen LogP contribution in [0.2, 0.25) is 0 Å². The zero-order valence-corrected chi connectivity index (χ0v) is 34.7. The SMILES string of the molecule is CC(O)c1cc(Br)ccc1F.CCc1cc(Br)cc(C=O)c1F.CCc1cc(Br)ccc1F.O=Cc1cc(Br)ccc1F.[Br-].[CH3-].[Mg+2]. The molecule has 46 heavy (non-hydrogen) atoms. The van der Waals surface area contributed by atoms with Crippen molar-refractivity contribution in [2.45, 2.75) is 39.7 Å². The van der Waals surface area contributed by atoms with E-state index in [1.165, 1.54) is 37.3 Å². The molecule has 246 valence electrons. The number of hydrogen-bond acceptors (Lipinski definition) is 3. The van der Waals surface area contributed by atoms with E-state index in [4.69, 9.17) is 5.11 Å². The Balaban J connectivity index is -0.000000526. The smallest absolute Gasteiger partial charge is 1.00 e. The largest absolute Gasteiger partial charge is 2.00 e. The second-order valence-corrected chi connectivity index (χ2v) is 12.3. The van der Waals surface area contributed by atoms with Gasteiger partial charge < -0.3 is 29.5 Å². The number of benzene rings is 4. The van der Waals surface area contributed by atoms with E-state index in [-0.39, 0.29) is 70.2 Å². The second-order valence-electron chi connectivity index (χ2n) is 8.65. The first kappa shape index (κ1) is 49.5. The van der Waals surface area contributed by atoms with Crippen LogP contribution >= 0.6 is 63.7 Å². The normalized spacial score (nSPS) is 9.91. The van der Waals surface area contributed by atoms with Crippen LogP contribution in [0.5, 0.6) is 0 Å². The molecule has 0 aliphatic heterocycles. The van der Waals surface area contributed by atoms with E-state index in [1.54, 1.807) is 36.4 Å². The van der Waals surface area contributed by atoms with Crippen LogP contribution < -0.4 is 17.0 Å². The fourth-order valence-electron chi connectivity index (χ4n) is 3.27. The maximum atomic E-state index is 13.2. The minimum absolute atomic E-state index is 0. The molecule has 0 bridgehead atoms. The van der Waals surface area contributed by atoms with Gasteiger partial charge in [-0.1, -0.05) is 77.6 Å². The van der Waals surface area contributed by atoms with Gasteiger partial charge in [-0.05, 0) is 97.6 Å². The van der Waals surface area contributed by atoms with Crippen LogP contribution in [-0.2, 0) is 12.8 Å². The molecule has 0 saturated carbocycles. The Kier molecular flexibility index (Phi) is 28.0. The van der Waals surface area contributed by atoms with Crippen molar-refractivity contribution in [2.24, 2.45) is 0 Å². The maximum absolute atomic E-state index is 13.2. The topological polar surface area (TPSA) is 54.4 Å². The van der Waals surface area contributed by atoms with Crippen molar-refractivity contribution in [3.05, 3.63) is 143 Å². The first-order valence-electron chi connectivity index (χ1n) is 12.7. The van der Waals surface area contributed by atoms with E-state index in [2.05, 4.69) is 63.7 Å². The van der Waals surface area contributed by atoms with Gasteiger partial charge in [-0.25, -0.2) is 17.6 Å². The summed E-state index contributed by atoms with van der Waals surface area (Å²) in [5, 5.41) is 9.07. The van der Waals surface area contributed by atoms with Crippen LogP contribution in [0, 0.1) is 30.7 Å². The molecule has 1 atom stereocenters. The zero-order valence-electron chi connectivity index (χ0n) is 25.4. The van der Waals surface area contributed by atoms with Gasteiger partial charge in [-0.15, -0.1) is 0 Å². The third-order valence-electron chi connectivity index (χ3n) is 5.53. The van der Waals surface area contributed by atoms with E-state index >= 15 is 0 Å². The second kappa shape index (κ2) is 26.0. The van der Waals surface area contributed by atoms with E-state index in [1.807, 2.05) is 13.8 Å². The van der Waals surface area contributed by atoms with Crippen molar-refractivity contribution in [1.29, 1.82) is 0 Å². The summed E-state index contributed by atoms with van der Waals surface area (Å²) in [7, 11) is 0. The molecule has 0 amide bonds. The summed E-state index contributed by atoms with van der Waals surface area (Å²) in [4.78, 5) is 20.5. The minimum atomic E-state index is -0.757. The van der Waals surface area contributed by atoms with Crippen LogP contribution in [0.25, 0.3) is 0 Å². The standard InChI is InChI=1S/C9H8BrFO.C8H8BrFO.C8H8BrF.C7H4BrFO.CH3.BrH.Mg/c1-2-6-3-8(10)4-7(5-12)9(6)11;1-5(11)7-4-6(9)2-3-8(7)10;1-2-6-5-7(9)3-4-8(6)10;8-6-1-2-7(9)5(3-6)4-10;;;/h3-5H,2H2,1H3;2-5,11H,1H3;3-5H,2H2,1H3;1-4H;1H3;1H;/q;;;;-1;;+2/p-1. The van der Waals surface area contributed by atoms with Crippen molar-refractivity contribution < 1.29 is 49.2 Å². The molecule has 0 aliphatic rings. The predicted molar refractivity (Wildman–Crippen MR) is 189 cm³/mol. The first-order valence-corrected chi connectivity index (χ1v) is 15.8. The van der Waals surface area contributed by atoms with Gasteiger partial charge in [0.1, 0.15) is 23.3 Å². The number of aliphatic hydroxyl groups excluding tert-OH is 1. The Bertz CT molecular complexity index is 1530. The summed E-state index contributed by atoms with van der Waals surface area (Å²) in [5.41, 5.74) is 1.83. The average molecular weight is 975 g/mol. The van der Waals surface area contributed by atoms with Crippen LogP contribution in [0.1, 0.15) is 64.3 Å². The molecule has 0 radical (unpaired) electrons. The molecule has 0 spiro atoms. The van der Waals surface area contributed by atoms with Gasteiger partial charge in [0.15, 0.2) is 12.6 Å². The molecule has 0 saturated heterocycles. The summed E-state index contributed by atoms with van der Waals surface area (Å²) in [6.07, 6.45) is 1.59. The van der Waals surface area contributed by atoms with Crippen LogP contribution in [-0.4, -0.2) is 40.7 Å². The number of carbonyl (C=O) groups excluding carboxylic acids is 2. The Morgan fingerprint density at radius 2 is 1.07 bits per heavy atom. The monoisotopic (exact) mass is 970 g/mol. The van der Waals surface area contributed by atoms with Crippen LogP contribution in [0.15, 0.2) is 84.6 Å². The van der Waals surface area contributed by atoms with Crippen LogP contribution in [0.4, 0.5) is 17.6 Å². The Hall–Kier alpha value is -0.934. The number of rotatable bonds is 5. The molecular formula is C33H31Br5F4MgO3. The van der Waals surface area contributed by atoms with E-state index in [0.29, 0.717) is 34.6 Å². The van der Waals surface area contributed by atoms with Gasteiger partial charge in [0.2, 0.25) is 0 Å². The van der Waals surface area contributed by atoms with Gasteiger partial charge >= 0.3 is 23.1 Å². The summed E-state index contributed by atoms with van der Waals surface area (Å²) in [6, 6.07) is 16.8. The molecule has 1 N–H and O–H groups in total. The van der Waals surface area contributed by atoms with Crippen molar-refractivity contribution in [2.75, 3.05) is 0 Å². The van der Waals surface area contributed by atoms with Gasteiger partial charge in [-0.2, -0.15) is 0 Å². The summed E-state index contributed by atoms with van der Waals surface area (Å²) in [6.45, 7) is 5.31. The summed E-state index contributed by atoms with van der Waals surface area (Å²) >= 11 is 12.8. The molecule has 0 aliphatic carbocycles. The van der Waals surface area contributed by atoms with Crippen molar-refractivity contribution in [1.82, 2.24) is 0 Å². The Morgan fingerprint density at radius 3 is 1.48 bits per heavy atom. The number of aliphatic hydroxyl groups is 1. The van der Waals surface area contributed by atoms with E-state index in [9.17, 15) is 27.2 Å². The molecule has 3 nitrogen and oxygen atoms in total. The number of carbonyl (C=O) groups is 2. The maximum Gasteiger partial charge on any atom is 2.00 e. The summed E-state index contributed by atoms with van der Waals surface area (Å²) < 4.78 is 54.5. The molecule has 4 rings (SSSR count). The predicted octanol–water partition coefficient (Wildman–Crippen LogP) is 8.23. The zero-order chi connectivity index (χ0) is 32.7. The number of aryl methyl sites for hydroxylation is 2. The molecule has 13 heteroatoms. The fraction of sp³-hybridized carbons (Fsp3) is 0.182. The molecule has 4 aromatic rings. The minimum Gasteiger partial charge on any atom is -1.00 e. The van der Waals surface area contributed by atoms with Crippen molar-refractivity contribution in [3.8, 4) is 0 Å². The Morgan fingerprint density at radius 1 is 0.652 bits per heavy atom. The van der Waals surface area contributed by atoms with Crippen molar-refractivity contribution in [3.63, 3.8) is 0 Å². The third kappa shape index (κ3) is 17.5. The molecular weight excluding hydrogens is 944 g/mol. The number of aldehydes is 2.